The zero-order valence-corrected chi connectivity index (χ0v) is 8.40. The van der Waals surface area contributed by atoms with E-state index in [4.69, 9.17) is 5.11 Å². The number of carbonyl (C=O) groups excluding carboxylic acids is 1. The second-order valence-electron chi connectivity index (χ2n) is 3.46. The molecular formula is C12H14O2. The lowest BCUT2D eigenvalue weighted by Gasteiger charge is -2.04. The Morgan fingerprint density at radius 1 is 1.29 bits per heavy atom. The van der Waals surface area contributed by atoms with Crippen LogP contribution < -0.4 is 0 Å². The summed E-state index contributed by atoms with van der Waals surface area (Å²) in [6, 6.07) is 7.42. The molecule has 0 unspecified atom stereocenters. The van der Waals surface area contributed by atoms with Gasteiger partial charge < -0.3 is 5.11 Å². The zero-order chi connectivity index (χ0) is 10.6. The molecule has 0 saturated heterocycles. The van der Waals surface area contributed by atoms with E-state index in [1.54, 1.807) is 12.1 Å². The summed E-state index contributed by atoms with van der Waals surface area (Å²) in [5.41, 5.74) is 1.80. The Balaban J connectivity index is 2.88. The van der Waals surface area contributed by atoms with Crippen LogP contribution in [0.2, 0.25) is 0 Å². The third kappa shape index (κ3) is 2.46. The molecule has 74 valence electrons. The number of benzene rings is 1. The van der Waals surface area contributed by atoms with E-state index in [0.717, 1.165) is 12.3 Å². The van der Waals surface area contributed by atoms with Gasteiger partial charge in [-0.3, -0.25) is 4.79 Å². The summed E-state index contributed by atoms with van der Waals surface area (Å²) in [4.78, 5) is 11.3. The largest absolute Gasteiger partial charge is 0.515 e. The van der Waals surface area contributed by atoms with Crippen molar-refractivity contribution in [2.24, 2.45) is 0 Å². The van der Waals surface area contributed by atoms with Crippen LogP contribution in [0.25, 0.3) is 0 Å². The second kappa shape index (κ2) is 4.61. The average Bonchev–Trinajstić information content (AvgIpc) is 2.18. The van der Waals surface area contributed by atoms with Crippen LogP contribution in [0, 0.1) is 0 Å². The monoisotopic (exact) mass is 190 g/mol. The predicted octanol–water partition coefficient (Wildman–Crippen LogP) is 3.06. The Hall–Kier alpha value is -1.57. The Bertz CT molecular complexity index is 334. The number of rotatable bonds is 3. The first-order valence-electron chi connectivity index (χ1n) is 4.60. The molecule has 2 heteroatoms. The lowest BCUT2D eigenvalue weighted by Crippen LogP contribution is -1.95. The van der Waals surface area contributed by atoms with Crippen LogP contribution in [0.3, 0.4) is 0 Å². The quantitative estimate of drug-likeness (QED) is 0.452. The van der Waals surface area contributed by atoms with Crippen molar-refractivity contribution in [3.8, 4) is 0 Å². The minimum Gasteiger partial charge on any atom is -0.515 e. The first kappa shape index (κ1) is 10.5. The third-order valence-corrected chi connectivity index (χ3v) is 2.09. The van der Waals surface area contributed by atoms with Gasteiger partial charge in [-0.2, -0.15) is 0 Å². The van der Waals surface area contributed by atoms with E-state index in [9.17, 15) is 4.79 Å². The Morgan fingerprint density at radius 3 is 2.29 bits per heavy atom. The molecule has 0 amide bonds. The fourth-order valence-electron chi connectivity index (χ4n) is 1.20. The van der Waals surface area contributed by atoms with Crippen molar-refractivity contribution < 1.29 is 9.90 Å². The highest BCUT2D eigenvalue weighted by atomic mass is 16.2. The lowest BCUT2D eigenvalue weighted by molar-refractivity contribution is 0.104. The maximum absolute atomic E-state index is 11.3. The van der Waals surface area contributed by atoms with E-state index in [1.165, 1.54) is 5.56 Å². The number of carbonyl (C=O) groups is 1. The molecule has 0 aliphatic carbocycles. The molecule has 0 aliphatic rings. The second-order valence-corrected chi connectivity index (χ2v) is 3.46. The molecule has 0 saturated carbocycles. The molecule has 1 aromatic rings. The van der Waals surface area contributed by atoms with Crippen LogP contribution in [0.15, 0.2) is 36.6 Å². The van der Waals surface area contributed by atoms with E-state index >= 15 is 0 Å². The highest BCUT2D eigenvalue weighted by Crippen LogP contribution is 2.14. The summed E-state index contributed by atoms with van der Waals surface area (Å²) in [6.45, 7) is 4.20. The number of ketones is 1. The Morgan fingerprint density at radius 2 is 1.86 bits per heavy atom. The third-order valence-electron chi connectivity index (χ3n) is 2.09. The molecule has 0 bridgehead atoms. The average molecular weight is 190 g/mol. The first-order chi connectivity index (χ1) is 6.65. The molecule has 1 N–H and O–H groups in total. The van der Waals surface area contributed by atoms with Crippen LogP contribution in [-0.2, 0) is 0 Å². The highest BCUT2D eigenvalue weighted by molar-refractivity contribution is 6.04. The Labute approximate surface area is 83.9 Å². The smallest absolute Gasteiger partial charge is 0.188 e. The van der Waals surface area contributed by atoms with Crippen LogP contribution in [0.4, 0.5) is 0 Å². The summed E-state index contributed by atoms with van der Waals surface area (Å²) < 4.78 is 0. The predicted molar refractivity (Wildman–Crippen MR) is 56.6 cm³/mol. The molecule has 0 fully saturated rings. The number of hydrogen-bond donors (Lipinski definition) is 1. The summed E-state index contributed by atoms with van der Waals surface area (Å²) >= 11 is 0. The van der Waals surface area contributed by atoms with E-state index in [1.807, 2.05) is 12.1 Å². The van der Waals surface area contributed by atoms with Gasteiger partial charge in [0.2, 0.25) is 0 Å². The molecule has 0 heterocycles. The number of hydrogen-bond acceptors (Lipinski definition) is 2. The van der Waals surface area contributed by atoms with Crippen molar-refractivity contribution in [1.29, 1.82) is 0 Å². The SMILES string of the molecule is CC(C)c1ccc(C(=O)C=CO)cc1. The van der Waals surface area contributed by atoms with Crippen molar-refractivity contribution in [3.63, 3.8) is 0 Å². The van der Waals surface area contributed by atoms with Gasteiger partial charge in [0.1, 0.15) is 0 Å². The van der Waals surface area contributed by atoms with Gasteiger partial charge in [0, 0.05) is 11.6 Å². The molecule has 2 nitrogen and oxygen atoms in total. The molecule has 0 atom stereocenters. The van der Waals surface area contributed by atoms with Crippen molar-refractivity contribution in [1.82, 2.24) is 0 Å². The molecule has 1 rings (SSSR count). The first-order valence-corrected chi connectivity index (χ1v) is 4.60. The van der Waals surface area contributed by atoms with Crippen LogP contribution in [0.5, 0.6) is 0 Å². The maximum atomic E-state index is 11.3. The van der Waals surface area contributed by atoms with E-state index < -0.39 is 0 Å². The van der Waals surface area contributed by atoms with Gasteiger partial charge in [0.25, 0.3) is 0 Å². The summed E-state index contributed by atoms with van der Waals surface area (Å²) in [5.74, 6) is 0.287. The van der Waals surface area contributed by atoms with Crippen LogP contribution in [-0.4, -0.2) is 10.9 Å². The van der Waals surface area contributed by atoms with Crippen molar-refractivity contribution in [2.45, 2.75) is 19.8 Å². The van der Waals surface area contributed by atoms with Gasteiger partial charge in [-0.15, -0.1) is 0 Å². The number of allylic oxidation sites excluding steroid dienone is 1. The topological polar surface area (TPSA) is 37.3 Å². The summed E-state index contributed by atoms with van der Waals surface area (Å²) in [7, 11) is 0. The van der Waals surface area contributed by atoms with Crippen LogP contribution in [0.1, 0.15) is 35.7 Å². The van der Waals surface area contributed by atoms with E-state index in [0.29, 0.717) is 11.5 Å². The maximum Gasteiger partial charge on any atom is 0.188 e. The molecule has 0 spiro atoms. The number of aliphatic hydroxyl groups is 1. The van der Waals surface area contributed by atoms with Crippen LogP contribution >= 0.6 is 0 Å². The van der Waals surface area contributed by atoms with E-state index in [2.05, 4.69) is 13.8 Å². The van der Waals surface area contributed by atoms with E-state index in [-0.39, 0.29) is 5.78 Å². The minimum absolute atomic E-state index is 0.178. The summed E-state index contributed by atoms with van der Waals surface area (Å²) in [6.07, 6.45) is 1.91. The normalized spacial score (nSPS) is 11.1. The van der Waals surface area contributed by atoms with Gasteiger partial charge >= 0.3 is 0 Å². The number of aliphatic hydroxyl groups excluding tert-OH is 1. The van der Waals surface area contributed by atoms with Crippen molar-refractivity contribution >= 4 is 5.78 Å². The molecule has 14 heavy (non-hydrogen) atoms. The molecule has 0 aliphatic heterocycles. The van der Waals surface area contributed by atoms with Gasteiger partial charge in [0.15, 0.2) is 5.78 Å². The molecule has 0 aromatic heterocycles. The van der Waals surface area contributed by atoms with Crippen molar-refractivity contribution in [3.05, 3.63) is 47.7 Å². The van der Waals surface area contributed by atoms with Gasteiger partial charge in [-0.05, 0) is 11.5 Å². The molecular weight excluding hydrogens is 176 g/mol. The fourth-order valence-corrected chi connectivity index (χ4v) is 1.20. The van der Waals surface area contributed by atoms with Gasteiger partial charge in [-0.1, -0.05) is 38.1 Å². The molecule has 1 aromatic carbocycles. The van der Waals surface area contributed by atoms with Crippen molar-refractivity contribution in [2.75, 3.05) is 0 Å². The highest BCUT2D eigenvalue weighted by Gasteiger charge is 2.02. The molecule has 0 radical (unpaired) electrons. The minimum atomic E-state index is -0.178. The Kier molecular flexibility index (Phi) is 3.46. The van der Waals surface area contributed by atoms with Gasteiger partial charge in [-0.25, -0.2) is 0 Å². The van der Waals surface area contributed by atoms with Gasteiger partial charge in [0.05, 0.1) is 6.26 Å². The summed E-state index contributed by atoms with van der Waals surface area (Å²) in [5, 5.41) is 8.44. The zero-order valence-electron chi connectivity index (χ0n) is 8.40. The standard InChI is InChI=1S/C12H14O2/c1-9(2)10-3-5-11(6-4-10)12(14)7-8-13/h3-9,13H,1-2H3. The fraction of sp³-hybridized carbons (Fsp3) is 0.250. The lowest BCUT2D eigenvalue weighted by atomic mass is 10.0.